The number of ether oxygens (including phenoxy) is 1. The summed E-state index contributed by atoms with van der Waals surface area (Å²) in [6.45, 7) is 3.34. The molecule has 0 aliphatic carbocycles. The number of hydrogen-bond acceptors (Lipinski definition) is 2. The number of carbonyl (C=O) groups is 1. The van der Waals surface area contributed by atoms with Crippen molar-refractivity contribution in [2.75, 3.05) is 13.2 Å². The number of rotatable bonds is 2. The van der Waals surface area contributed by atoms with Gasteiger partial charge in [-0.2, -0.15) is 0 Å². The second kappa shape index (κ2) is 4.84. The average molecular weight is 237 g/mol. The number of amides is 1. The van der Waals surface area contributed by atoms with Crippen molar-refractivity contribution in [3.63, 3.8) is 0 Å². The van der Waals surface area contributed by atoms with Crippen molar-refractivity contribution in [2.45, 2.75) is 25.3 Å². The van der Waals surface area contributed by atoms with Crippen LogP contribution in [-0.4, -0.2) is 24.7 Å². The smallest absolute Gasteiger partial charge is 0.251 e. The first-order valence-corrected chi connectivity index (χ1v) is 5.75. The Morgan fingerprint density at radius 1 is 1.29 bits per heavy atom. The summed E-state index contributed by atoms with van der Waals surface area (Å²) in [7, 11) is 0. The minimum Gasteiger partial charge on any atom is -0.381 e. The van der Waals surface area contributed by atoms with E-state index in [1.165, 1.54) is 24.3 Å². The summed E-state index contributed by atoms with van der Waals surface area (Å²) in [6.07, 6.45) is 1.61. The lowest BCUT2D eigenvalue weighted by atomic mass is 9.92. The molecule has 1 aromatic carbocycles. The highest BCUT2D eigenvalue weighted by Crippen LogP contribution is 2.20. The normalized spacial score (nSPS) is 18.7. The molecule has 3 nitrogen and oxygen atoms in total. The van der Waals surface area contributed by atoms with Crippen LogP contribution < -0.4 is 5.32 Å². The molecule has 1 heterocycles. The first kappa shape index (κ1) is 12.0. The van der Waals surface area contributed by atoms with Crippen molar-refractivity contribution in [1.29, 1.82) is 0 Å². The molecule has 0 unspecified atom stereocenters. The summed E-state index contributed by atoms with van der Waals surface area (Å²) in [5.41, 5.74) is 0.267. The van der Waals surface area contributed by atoms with Crippen LogP contribution in [0.5, 0.6) is 0 Å². The number of hydrogen-bond donors (Lipinski definition) is 1. The molecule has 0 spiro atoms. The number of halogens is 1. The Balaban J connectivity index is 2.03. The van der Waals surface area contributed by atoms with E-state index in [9.17, 15) is 9.18 Å². The third kappa shape index (κ3) is 3.03. The number of carbonyl (C=O) groups excluding carboxylic acids is 1. The molecule has 0 bridgehead atoms. The third-order valence-corrected chi connectivity index (χ3v) is 3.12. The fourth-order valence-corrected chi connectivity index (χ4v) is 1.89. The third-order valence-electron chi connectivity index (χ3n) is 3.12. The topological polar surface area (TPSA) is 38.3 Å². The summed E-state index contributed by atoms with van der Waals surface area (Å²) >= 11 is 0. The minimum absolute atomic E-state index is 0.158. The first-order chi connectivity index (χ1) is 8.09. The van der Waals surface area contributed by atoms with Gasteiger partial charge >= 0.3 is 0 Å². The molecule has 2 rings (SSSR count). The van der Waals surface area contributed by atoms with Crippen LogP contribution in [0.15, 0.2) is 24.3 Å². The Hall–Kier alpha value is -1.42. The van der Waals surface area contributed by atoms with Crippen LogP contribution in [0.3, 0.4) is 0 Å². The molecule has 1 fully saturated rings. The lowest BCUT2D eigenvalue weighted by Crippen LogP contribution is -2.49. The van der Waals surface area contributed by atoms with Crippen LogP contribution in [0.4, 0.5) is 4.39 Å². The maximum Gasteiger partial charge on any atom is 0.251 e. The van der Waals surface area contributed by atoms with Gasteiger partial charge in [-0.25, -0.2) is 4.39 Å². The average Bonchev–Trinajstić information content (AvgIpc) is 2.30. The summed E-state index contributed by atoms with van der Waals surface area (Å²) in [5.74, 6) is -0.492. The first-order valence-electron chi connectivity index (χ1n) is 5.75. The zero-order chi connectivity index (χ0) is 12.3. The zero-order valence-corrected chi connectivity index (χ0v) is 9.83. The van der Waals surface area contributed by atoms with Crippen molar-refractivity contribution >= 4 is 5.91 Å². The Labute approximate surface area is 100.0 Å². The van der Waals surface area contributed by atoms with E-state index >= 15 is 0 Å². The minimum atomic E-state index is -0.334. The summed E-state index contributed by atoms with van der Waals surface area (Å²) < 4.78 is 18.0. The van der Waals surface area contributed by atoms with Gasteiger partial charge in [-0.15, -0.1) is 0 Å². The van der Waals surface area contributed by atoms with Crippen LogP contribution in [0.1, 0.15) is 30.1 Å². The zero-order valence-electron chi connectivity index (χ0n) is 9.83. The molecule has 1 aromatic rings. The fourth-order valence-electron chi connectivity index (χ4n) is 1.89. The van der Waals surface area contributed by atoms with Gasteiger partial charge < -0.3 is 10.1 Å². The van der Waals surface area contributed by atoms with E-state index in [0.717, 1.165) is 12.8 Å². The van der Waals surface area contributed by atoms with Crippen molar-refractivity contribution in [3.8, 4) is 0 Å². The SMILES string of the molecule is CC1(NC(=O)c2ccc(F)cc2)CCOCC1. The van der Waals surface area contributed by atoms with E-state index in [2.05, 4.69) is 5.32 Å². The number of benzene rings is 1. The Kier molecular flexibility index (Phi) is 3.43. The van der Waals surface area contributed by atoms with Crippen LogP contribution >= 0.6 is 0 Å². The van der Waals surface area contributed by atoms with Crippen molar-refractivity contribution < 1.29 is 13.9 Å². The molecule has 0 radical (unpaired) electrons. The standard InChI is InChI=1S/C13H16FNO2/c1-13(6-8-17-9-7-13)15-12(16)10-2-4-11(14)5-3-10/h2-5H,6-9H2,1H3,(H,15,16). The molecule has 1 saturated heterocycles. The van der Waals surface area contributed by atoms with Gasteiger partial charge in [-0.3, -0.25) is 4.79 Å². The molecule has 0 aromatic heterocycles. The Morgan fingerprint density at radius 3 is 2.47 bits per heavy atom. The van der Waals surface area contributed by atoms with E-state index in [4.69, 9.17) is 4.74 Å². The van der Waals surface area contributed by atoms with Gasteiger partial charge in [-0.1, -0.05) is 0 Å². The molecule has 4 heteroatoms. The van der Waals surface area contributed by atoms with Gasteiger partial charge in [0, 0.05) is 24.3 Å². The van der Waals surface area contributed by atoms with Crippen LogP contribution in [0.25, 0.3) is 0 Å². The predicted molar refractivity (Wildman–Crippen MR) is 62.3 cm³/mol. The molecule has 1 aliphatic rings. The molecule has 0 saturated carbocycles. The second-order valence-corrected chi connectivity index (χ2v) is 4.63. The molecule has 0 atom stereocenters. The molecule has 17 heavy (non-hydrogen) atoms. The quantitative estimate of drug-likeness (QED) is 0.855. The van der Waals surface area contributed by atoms with Gasteiger partial charge in [0.15, 0.2) is 0 Å². The Bertz CT molecular complexity index is 396. The highest BCUT2D eigenvalue weighted by Gasteiger charge is 2.29. The van der Waals surface area contributed by atoms with Gasteiger partial charge in [0.25, 0.3) is 5.91 Å². The van der Waals surface area contributed by atoms with E-state index in [0.29, 0.717) is 18.8 Å². The summed E-state index contributed by atoms with van der Waals surface area (Å²) in [5, 5.41) is 2.99. The molecular weight excluding hydrogens is 221 g/mol. The predicted octanol–water partition coefficient (Wildman–Crippen LogP) is 2.12. The number of nitrogens with one attached hydrogen (secondary N) is 1. The van der Waals surface area contributed by atoms with Gasteiger partial charge in [0.05, 0.1) is 0 Å². The highest BCUT2D eigenvalue weighted by atomic mass is 19.1. The van der Waals surface area contributed by atoms with E-state index in [1.54, 1.807) is 0 Å². The van der Waals surface area contributed by atoms with Crippen molar-refractivity contribution in [3.05, 3.63) is 35.6 Å². The van der Waals surface area contributed by atoms with Crippen molar-refractivity contribution in [2.24, 2.45) is 0 Å². The monoisotopic (exact) mass is 237 g/mol. The van der Waals surface area contributed by atoms with Crippen LogP contribution in [-0.2, 0) is 4.74 Å². The molecule has 1 N–H and O–H groups in total. The van der Waals surface area contributed by atoms with Gasteiger partial charge in [0.1, 0.15) is 5.82 Å². The lowest BCUT2D eigenvalue weighted by Gasteiger charge is -2.34. The molecule has 92 valence electrons. The maximum absolute atomic E-state index is 12.7. The highest BCUT2D eigenvalue weighted by molar-refractivity contribution is 5.94. The second-order valence-electron chi connectivity index (χ2n) is 4.63. The summed E-state index contributed by atoms with van der Waals surface area (Å²) in [6, 6.07) is 5.57. The molecular formula is C13H16FNO2. The largest absolute Gasteiger partial charge is 0.381 e. The van der Waals surface area contributed by atoms with E-state index in [-0.39, 0.29) is 17.3 Å². The summed E-state index contributed by atoms with van der Waals surface area (Å²) in [4.78, 5) is 12.0. The van der Waals surface area contributed by atoms with E-state index < -0.39 is 0 Å². The fraction of sp³-hybridized carbons (Fsp3) is 0.462. The molecule has 1 amide bonds. The lowest BCUT2D eigenvalue weighted by molar-refractivity contribution is 0.0423. The van der Waals surface area contributed by atoms with Crippen LogP contribution in [0, 0.1) is 5.82 Å². The van der Waals surface area contributed by atoms with Crippen molar-refractivity contribution in [1.82, 2.24) is 5.32 Å². The van der Waals surface area contributed by atoms with Crippen LogP contribution in [0.2, 0.25) is 0 Å². The Morgan fingerprint density at radius 2 is 1.88 bits per heavy atom. The van der Waals surface area contributed by atoms with Gasteiger partial charge in [-0.05, 0) is 44.0 Å². The maximum atomic E-state index is 12.7. The van der Waals surface area contributed by atoms with E-state index in [1.807, 2.05) is 6.92 Å². The molecule has 1 aliphatic heterocycles. The van der Waals surface area contributed by atoms with Gasteiger partial charge in [0.2, 0.25) is 0 Å².